The van der Waals surface area contributed by atoms with Gasteiger partial charge in [-0.1, -0.05) is 12.2 Å². The van der Waals surface area contributed by atoms with Crippen LogP contribution in [0.5, 0.6) is 0 Å². The van der Waals surface area contributed by atoms with Gasteiger partial charge >= 0.3 is 0 Å². The quantitative estimate of drug-likeness (QED) is 0.617. The highest BCUT2D eigenvalue weighted by molar-refractivity contribution is 5.46. The summed E-state index contributed by atoms with van der Waals surface area (Å²) >= 11 is 0. The molecule has 0 saturated carbocycles. The lowest BCUT2D eigenvalue weighted by Gasteiger charge is -2.11. The van der Waals surface area contributed by atoms with Crippen LogP contribution in [0.4, 0.5) is 0 Å². The molecule has 0 saturated heterocycles. The van der Waals surface area contributed by atoms with E-state index in [1.807, 2.05) is 27.7 Å². The fourth-order valence-electron chi connectivity index (χ4n) is 1.13. The molecule has 0 aromatic carbocycles. The topological polar surface area (TPSA) is 52.0 Å². The van der Waals surface area contributed by atoms with Gasteiger partial charge in [0.05, 0.1) is 0 Å². The first kappa shape index (κ1) is 10.8. The molecule has 0 aromatic heterocycles. The molecule has 4 N–H and O–H groups in total. The van der Waals surface area contributed by atoms with Crippen LogP contribution in [0.3, 0.4) is 0 Å². The van der Waals surface area contributed by atoms with E-state index in [0.29, 0.717) is 5.70 Å². The van der Waals surface area contributed by atoms with Gasteiger partial charge < -0.3 is 11.5 Å². The molecule has 0 unspecified atom stereocenters. The zero-order chi connectivity index (χ0) is 9.89. The number of hydrogen-bond donors (Lipinski definition) is 2. The molecule has 0 spiro atoms. The lowest BCUT2D eigenvalue weighted by atomic mass is 9.99. The van der Waals surface area contributed by atoms with E-state index < -0.39 is 0 Å². The second-order valence-electron chi connectivity index (χ2n) is 3.21. The Balaban J connectivity index is 5.21. The van der Waals surface area contributed by atoms with E-state index in [4.69, 9.17) is 11.5 Å². The first-order chi connectivity index (χ1) is 5.37. The van der Waals surface area contributed by atoms with Crippen LogP contribution in [0.2, 0.25) is 0 Å². The molecule has 0 radical (unpaired) electrons. The van der Waals surface area contributed by atoms with Gasteiger partial charge in [0.25, 0.3) is 0 Å². The van der Waals surface area contributed by atoms with E-state index in [1.54, 1.807) is 0 Å². The molecule has 0 aromatic rings. The molecule has 2 nitrogen and oxygen atoms in total. The third-order valence-corrected chi connectivity index (χ3v) is 1.79. The van der Waals surface area contributed by atoms with E-state index in [9.17, 15) is 0 Å². The van der Waals surface area contributed by atoms with Crippen molar-refractivity contribution in [3.8, 4) is 0 Å². The standard InChI is InChI=1S/C10H18N2/c1-6(2)10(9(5)12)7(3)8(4)11/h5,11-12H2,1-4H3/b8-7-. The highest BCUT2D eigenvalue weighted by atomic mass is 14.6. The molecule has 0 amide bonds. The third kappa shape index (κ3) is 2.46. The van der Waals surface area contributed by atoms with E-state index in [0.717, 1.165) is 22.4 Å². The zero-order valence-corrected chi connectivity index (χ0v) is 8.36. The summed E-state index contributed by atoms with van der Waals surface area (Å²) in [7, 11) is 0. The van der Waals surface area contributed by atoms with Crippen LogP contribution in [-0.2, 0) is 0 Å². The summed E-state index contributed by atoms with van der Waals surface area (Å²) in [5.41, 5.74) is 15.8. The molecule has 68 valence electrons. The van der Waals surface area contributed by atoms with E-state index >= 15 is 0 Å². The Hall–Kier alpha value is -1.18. The first-order valence-electron chi connectivity index (χ1n) is 3.93. The minimum absolute atomic E-state index is 0.581. The summed E-state index contributed by atoms with van der Waals surface area (Å²) in [4.78, 5) is 0. The summed E-state index contributed by atoms with van der Waals surface area (Å²) in [5, 5.41) is 0. The first-order valence-corrected chi connectivity index (χ1v) is 3.93. The molecule has 0 aliphatic rings. The van der Waals surface area contributed by atoms with Gasteiger partial charge in [-0.05, 0) is 33.3 Å². The normalized spacial score (nSPS) is 12.0. The van der Waals surface area contributed by atoms with Crippen molar-refractivity contribution in [1.29, 1.82) is 0 Å². The van der Waals surface area contributed by atoms with Crippen molar-refractivity contribution in [3.63, 3.8) is 0 Å². The number of nitrogens with two attached hydrogens (primary N) is 2. The summed E-state index contributed by atoms with van der Waals surface area (Å²) in [6, 6.07) is 0. The van der Waals surface area contributed by atoms with Crippen LogP contribution in [0, 0.1) is 0 Å². The summed E-state index contributed by atoms with van der Waals surface area (Å²) in [5.74, 6) is 0. The van der Waals surface area contributed by atoms with E-state index in [2.05, 4.69) is 6.58 Å². The number of hydrogen-bond acceptors (Lipinski definition) is 2. The molecule has 12 heavy (non-hydrogen) atoms. The van der Waals surface area contributed by atoms with Gasteiger partial charge in [-0.15, -0.1) is 0 Å². The minimum Gasteiger partial charge on any atom is -0.402 e. The highest BCUT2D eigenvalue weighted by Gasteiger charge is 2.05. The highest BCUT2D eigenvalue weighted by Crippen LogP contribution is 2.19. The van der Waals surface area contributed by atoms with Crippen molar-refractivity contribution in [2.75, 3.05) is 0 Å². The molecule has 0 aliphatic carbocycles. The van der Waals surface area contributed by atoms with Gasteiger partial charge in [0.1, 0.15) is 0 Å². The van der Waals surface area contributed by atoms with Gasteiger partial charge in [-0.3, -0.25) is 0 Å². The molecule has 2 heteroatoms. The van der Waals surface area contributed by atoms with Crippen molar-refractivity contribution >= 4 is 0 Å². The predicted octanol–water partition coefficient (Wildman–Crippen LogP) is 2.05. The Morgan fingerprint density at radius 3 is 1.50 bits per heavy atom. The Morgan fingerprint density at radius 2 is 1.42 bits per heavy atom. The smallest absolute Gasteiger partial charge is 0.0317 e. The summed E-state index contributed by atoms with van der Waals surface area (Å²) in [6.07, 6.45) is 0. The maximum atomic E-state index is 5.66. The van der Waals surface area contributed by atoms with E-state index in [1.165, 1.54) is 0 Å². The van der Waals surface area contributed by atoms with E-state index in [-0.39, 0.29) is 0 Å². The average molecular weight is 166 g/mol. The molecule has 0 rings (SSSR count). The van der Waals surface area contributed by atoms with Gasteiger partial charge in [-0.25, -0.2) is 0 Å². The fraction of sp³-hybridized carbons (Fsp3) is 0.400. The Labute approximate surface area is 74.6 Å². The lowest BCUT2D eigenvalue weighted by molar-refractivity contribution is 1.14. The van der Waals surface area contributed by atoms with Crippen LogP contribution >= 0.6 is 0 Å². The molecule has 0 heterocycles. The SMILES string of the molecule is C=C(N)C(=C(C)C)/C(C)=C(/C)N. The van der Waals surface area contributed by atoms with Gasteiger partial charge in [0.2, 0.25) is 0 Å². The predicted molar refractivity (Wildman–Crippen MR) is 54.3 cm³/mol. The largest absolute Gasteiger partial charge is 0.402 e. The van der Waals surface area contributed by atoms with Crippen LogP contribution in [-0.4, -0.2) is 0 Å². The van der Waals surface area contributed by atoms with Crippen LogP contribution < -0.4 is 11.5 Å². The average Bonchev–Trinajstić information content (AvgIpc) is 1.85. The second-order valence-corrected chi connectivity index (χ2v) is 3.21. The summed E-state index contributed by atoms with van der Waals surface area (Å²) in [6.45, 7) is 11.5. The monoisotopic (exact) mass is 166 g/mol. The van der Waals surface area contributed by atoms with Crippen molar-refractivity contribution in [1.82, 2.24) is 0 Å². The number of rotatable bonds is 2. The van der Waals surface area contributed by atoms with Gasteiger partial charge in [-0.2, -0.15) is 0 Å². The molecule has 0 aliphatic heterocycles. The van der Waals surface area contributed by atoms with Crippen LogP contribution in [0.1, 0.15) is 27.7 Å². The Morgan fingerprint density at radius 1 is 1.00 bits per heavy atom. The Kier molecular flexibility index (Phi) is 3.61. The van der Waals surface area contributed by atoms with Crippen molar-refractivity contribution in [2.24, 2.45) is 11.5 Å². The van der Waals surface area contributed by atoms with Crippen molar-refractivity contribution in [3.05, 3.63) is 34.7 Å². The third-order valence-electron chi connectivity index (χ3n) is 1.79. The minimum atomic E-state index is 0.581. The molecule has 0 bridgehead atoms. The van der Waals surface area contributed by atoms with Crippen LogP contribution in [0.25, 0.3) is 0 Å². The van der Waals surface area contributed by atoms with Crippen molar-refractivity contribution in [2.45, 2.75) is 27.7 Å². The maximum Gasteiger partial charge on any atom is 0.0317 e. The van der Waals surface area contributed by atoms with Crippen LogP contribution in [0.15, 0.2) is 34.7 Å². The molecular formula is C10H18N2. The molecular weight excluding hydrogens is 148 g/mol. The van der Waals surface area contributed by atoms with Crippen molar-refractivity contribution < 1.29 is 0 Å². The molecule has 0 atom stereocenters. The number of allylic oxidation sites excluding steroid dienone is 3. The second kappa shape index (κ2) is 4.00. The Bertz CT molecular complexity index is 249. The maximum absolute atomic E-state index is 5.66. The molecule has 0 fully saturated rings. The zero-order valence-electron chi connectivity index (χ0n) is 8.36. The summed E-state index contributed by atoms with van der Waals surface area (Å²) < 4.78 is 0. The lowest BCUT2D eigenvalue weighted by Crippen LogP contribution is -2.06. The van der Waals surface area contributed by atoms with Gasteiger partial charge in [0, 0.05) is 17.0 Å². The van der Waals surface area contributed by atoms with Gasteiger partial charge in [0.15, 0.2) is 0 Å². The fourth-order valence-corrected chi connectivity index (χ4v) is 1.13.